The van der Waals surface area contributed by atoms with Crippen molar-refractivity contribution in [1.29, 1.82) is 0 Å². The molecule has 2 aromatic rings. The van der Waals surface area contributed by atoms with E-state index in [9.17, 15) is 24.3 Å². The number of rotatable bonds is 12. The van der Waals surface area contributed by atoms with Crippen LogP contribution in [0.3, 0.4) is 0 Å². The summed E-state index contributed by atoms with van der Waals surface area (Å²) in [5.41, 5.74) is 0.0273. The first kappa shape index (κ1) is 26.3. The Hall–Kier alpha value is -3.35. The number of hydrogen-bond donors (Lipinski definition) is 4. The molecule has 1 fully saturated rings. The van der Waals surface area contributed by atoms with Crippen LogP contribution in [0.25, 0.3) is 0 Å². The Balaban J connectivity index is 1.40. The summed E-state index contributed by atoms with van der Waals surface area (Å²) < 4.78 is 6.98. The lowest BCUT2D eigenvalue weighted by Gasteiger charge is -2.20. The van der Waals surface area contributed by atoms with Gasteiger partial charge >= 0.3 is 11.7 Å². The van der Waals surface area contributed by atoms with Gasteiger partial charge in [-0.2, -0.15) is 0 Å². The van der Waals surface area contributed by atoms with Gasteiger partial charge in [-0.15, -0.1) is 0 Å². The summed E-state index contributed by atoms with van der Waals surface area (Å²) in [5, 5.41) is 22.2. The van der Waals surface area contributed by atoms with Gasteiger partial charge in [0.15, 0.2) is 0 Å². The zero-order valence-electron chi connectivity index (χ0n) is 19.6. The predicted molar refractivity (Wildman–Crippen MR) is 125 cm³/mol. The average molecular weight is 490 g/mol. The second-order valence-electron chi connectivity index (χ2n) is 8.60. The molecule has 0 saturated carbocycles. The summed E-state index contributed by atoms with van der Waals surface area (Å²) in [6, 6.07) is 5.48. The molecular formula is C23H31N5O7. The molecule has 0 spiro atoms. The average Bonchev–Trinajstić information content (AvgIpc) is 3.18. The molecule has 0 aliphatic carbocycles. The third-order valence-electron chi connectivity index (χ3n) is 5.76. The SMILES string of the molecule is Cc1cn([C@H]2C[C@H](O)[C@@H](CNC(=O)CCCCN(CC(=O)O)Cc3ccccn3)O2)c(=O)[nH]c1=O. The summed E-state index contributed by atoms with van der Waals surface area (Å²) in [6.07, 6.45) is 2.33. The van der Waals surface area contributed by atoms with E-state index in [2.05, 4.69) is 15.3 Å². The van der Waals surface area contributed by atoms with Crippen molar-refractivity contribution in [3.8, 4) is 0 Å². The second kappa shape index (κ2) is 12.4. The minimum absolute atomic E-state index is 0.0817. The number of unbranched alkanes of at least 4 members (excludes halogenated alkanes) is 1. The second-order valence-corrected chi connectivity index (χ2v) is 8.60. The number of aliphatic hydroxyl groups is 1. The molecule has 3 atom stereocenters. The van der Waals surface area contributed by atoms with Crippen molar-refractivity contribution in [3.05, 3.63) is 62.7 Å². The van der Waals surface area contributed by atoms with Gasteiger partial charge in [-0.1, -0.05) is 6.07 Å². The van der Waals surface area contributed by atoms with E-state index in [0.29, 0.717) is 31.5 Å². The third-order valence-corrected chi connectivity index (χ3v) is 5.76. The number of aliphatic hydroxyl groups excluding tert-OH is 1. The van der Waals surface area contributed by atoms with Gasteiger partial charge in [0.1, 0.15) is 12.3 Å². The number of aryl methyl sites for hydroxylation is 1. The first-order chi connectivity index (χ1) is 16.7. The molecule has 1 aliphatic rings. The monoisotopic (exact) mass is 489 g/mol. The summed E-state index contributed by atoms with van der Waals surface area (Å²) in [4.78, 5) is 55.2. The lowest BCUT2D eigenvalue weighted by Crippen LogP contribution is -2.37. The Morgan fingerprint density at radius 2 is 2.11 bits per heavy atom. The number of nitrogens with one attached hydrogen (secondary N) is 2. The molecule has 12 heteroatoms. The molecule has 0 unspecified atom stereocenters. The van der Waals surface area contributed by atoms with Crippen LogP contribution in [0.1, 0.15) is 43.2 Å². The van der Waals surface area contributed by atoms with Crippen LogP contribution in [-0.4, -0.2) is 73.4 Å². The number of nitrogens with zero attached hydrogens (tertiary/aromatic N) is 3. The number of carbonyl (C=O) groups excluding carboxylic acids is 1. The van der Waals surface area contributed by atoms with Gasteiger partial charge in [0.25, 0.3) is 5.56 Å². The van der Waals surface area contributed by atoms with Crippen LogP contribution in [0.15, 0.2) is 40.2 Å². The highest BCUT2D eigenvalue weighted by Crippen LogP contribution is 2.27. The number of pyridine rings is 1. The Labute approximate surface area is 201 Å². The highest BCUT2D eigenvalue weighted by atomic mass is 16.5. The maximum absolute atomic E-state index is 12.2. The maximum atomic E-state index is 12.2. The molecule has 1 saturated heterocycles. The molecular weight excluding hydrogens is 458 g/mol. The first-order valence-corrected chi connectivity index (χ1v) is 11.5. The number of amides is 1. The van der Waals surface area contributed by atoms with Gasteiger partial charge in [0.2, 0.25) is 5.91 Å². The largest absolute Gasteiger partial charge is 0.480 e. The molecule has 12 nitrogen and oxygen atoms in total. The fourth-order valence-electron chi connectivity index (χ4n) is 3.92. The minimum atomic E-state index is -0.925. The van der Waals surface area contributed by atoms with Crippen LogP contribution >= 0.6 is 0 Å². The van der Waals surface area contributed by atoms with Crippen molar-refractivity contribution in [3.63, 3.8) is 0 Å². The van der Waals surface area contributed by atoms with E-state index in [-0.39, 0.29) is 31.8 Å². The molecule has 4 N–H and O–H groups in total. The number of carboxylic acids is 1. The van der Waals surface area contributed by atoms with Crippen molar-refractivity contribution in [2.24, 2.45) is 0 Å². The summed E-state index contributed by atoms with van der Waals surface area (Å²) in [6.45, 7) is 2.46. The van der Waals surface area contributed by atoms with E-state index in [1.54, 1.807) is 24.1 Å². The van der Waals surface area contributed by atoms with Gasteiger partial charge in [-0.05, 0) is 38.4 Å². The summed E-state index contributed by atoms with van der Waals surface area (Å²) >= 11 is 0. The van der Waals surface area contributed by atoms with Crippen LogP contribution in [0, 0.1) is 6.92 Å². The fraction of sp³-hybridized carbons (Fsp3) is 0.522. The molecule has 0 radical (unpaired) electrons. The topological polar surface area (TPSA) is 167 Å². The van der Waals surface area contributed by atoms with Gasteiger partial charge in [0.05, 0.1) is 18.3 Å². The van der Waals surface area contributed by atoms with E-state index in [1.165, 1.54) is 10.8 Å². The van der Waals surface area contributed by atoms with Crippen LogP contribution in [0.5, 0.6) is 0 Å². The Bertz CT molecular complexity index is 1120. The van der Waals surface area contributed by atoms with Crippen LogP contribution < -0.4 is 16.6 Å². The lowest BCUT2D eigenvalue weighted by atomic mass is 10.1. The molecule has 3 heterocycles. The van der Waals surface area contributed by atoms with E-state index >= 15 is 0 Å². The molecule has 1 amide bonds. The van der Waals surface area contributed by atoms with Crippen molar-refractivity contribution in [2.45, 2.75) is 57.6 Å². The Morgan fingerprint density at radius 3 is 2.83 bits per heavy atom. The maximum Gasteiger partial charge on any atom is 0.330 e. The van der Waals surface area contributed by atoms with E-state index in [4.69, 9.17) is 9.84 Å². The Kier molecular flexibility index (Phi) is 9.29. The van der Waals surface area contributed by atoms with Crippen molar-refractivity contribution in [1.82, 2.24) is 24.8 Å². The Morgan fingerprint density at radius 1 is 1.31 bits per heavy atom. The summed E-state index contributed by atoms with van der Waals surface area (Å²) in [5.74, 6) is -1.14. The highest BCUT2D eigenvalue weighted by molar-refractivity contribution is 5.75. The molecule has 190 valence electrons. The number of aromatic nitrogens is 3. The van der Waals surface area contributed by atoms with Gasteiger partial charge < -0.3 is 20.3 Å². The molecule has 1 aliphatic heterocycles. The quantitative estimate of drug-likeness (QED) is 0.294. The number of ether oxygens (including phenoxy) is 1. The van der Waals surface area contributed by atoms with Crippen LogP contribution in [0.4, 0.5) is 0 Å². The minimum Gasteiger partial charge on any atom is -0.480 e. The first-order valence-electron chi connectivity index (χ1n) is 11.5. The third kappa shape index (κ3) is 7.84. The number of H-pyrrole nitrogens is 1. The molecule has 0 aromatic carbocycles. The van der Waals surface area contributed by atoms with E-state index < -0.39 is 35.7 Å². The van der Waals surface area contributed by atoms with Gasteiger partial charge in [-0.3, -0.25) is 33.8 Å². The summed E-state index contributed by atoms with van der Waals surface area (Å²) in [7, 11) is 0. The van der Waals surface area contributed by atoms with E-state index in [1.807, 2.05) is 12.1 Å². The molecule has 0 bridgehead atoms. The number of aliphatic carboxylic acids is 1. The number of carbonyl (C=O) groups is 2. The molecule has 2 aromatic heterocycles. The standard InChI is InChI=1S/C23H31N5O7/c1-15-12-28(23(34)26-22(15)33)20-10-17(29)18(35-20)11-25-19(30)7-3-5-9-27(14-21(31)32)13-16-6-2-4-8-24-16/h2,4,6,8,12,17-18,20,29H,3,5,7,9-11,13-14H2,1H3,(H,25,30)(H,31,32)(H,26,33,34)/t17-,18+,20+/m0/s1. The van der Waals surface area contributed by atoms with Crippen molar-refractivity contribution < 1.29 is 24.5 Å². The molecule has 3 rings (SSSR count). The zero-order chi connectivity index (χ0) is 25.4. The van der Waals surface area contributed by atoms with Crippen molar-refractivity contribution in [2.75, 3.05) is 19.6 Å². The highest BCUT2D eigenvalue weighted by Gasteiger charge is 2.35. The van der Waals surface area contributed by atoms with Crippen LogP contribution in [0.2, 0.25) is 0 Å². The predicted octanol–water partition coefficient (Wildman–Crippen LogP) is -0.238. The van der Waals surface area contributed by atoms with Crippen LogP contribution in [-0.2, 0) is 20.9 Å². The fourth-order valence-corrected chi connectivity index (χ4v) is 3.92. The number of hydrogen-bond acceptors (Lipinski definition) is 8. The van der Waals surface area contributed by atoms with Gasteiger partial charge in [-0.25, -0.2) is 4.79 Å². The number of carboxylic acid groups (broad SMARTS) is 1. The molecule has 35 heavy (non-hydrogen) atoms. The van der Waals surface area contributed by atoms with Gasteiger partial charge in [0, 0.05) is 43.9 Å². The van der Waals surface area contributed by atoms with Crippen molar-refractivity contribution >= 4 is 11.9 Å². The number of aromatic amines is 1. The lowest BCUT2D eigenvalue weighted by molar-refractivity contribution is -0.138. The smallest absolute Gasteiger partial charge is 0.330 e. The zero-order valence-corrected chi connectivity index (χ0v) is 19.6. The van der Waals surface area contributed by atoms with E-state index in [0.717, 1.165) is 5.69 Å². The normalized spacial score (nSPS) is 19.7.